The number of carboxylic acids is 1. The molecule has 0 heterocycles. The Bertz CT molecular complexity index is 674. The molecule has 2 nitrogen and oxygen atoms in total. The number of halogens is 4. The largest absolute Gasteiger partial charge is 0.478 e. The highest BCUT2D eigenvalue weighted by molar-refractivity contribution is 9.10. The molecule has 0 aliphatic heterocycles. The molecule has 19 heavy (non-hydrogen) atoms. The predicted molar refractivity (Wildman–Crippen MR) is 71.5 cm³/mol. The van der Waals surface area contributed by atoms with Crippen molar-refractivity contribution in [3.8, 4) is 11.1 Å². The van der Waals surface area contributed by atoms with Crippen molar-refractivity contribution in [2.45, 2.75) is 0 Å². The zero-order valence-corrected chi connectivity index (χ0v) is 11.6. The van der Waals surface area contributed by atoms with Gasteiger partial charge in [-0.1, -0.05) is 23.7 Å². The maximum Gasteiger partial charge on any atom is 0.335 e. The van der Waals surface area contributed by atoms with E-state index in [4.69, 9.17) is 16.7 Å². The van der Waals surface area contributed by atoms with Crippen LogP contribution in [0.1, 0.15) is 10.4 Å². The van der Waals surface area contributed by atoms with E-state index < -0.39 is 17.6 Å². The molecule has 0 aliphatic rings. The molecule has 2 aromatic carbocycles. The monoisotopic (exact) mass is 346 g/mol. The quantitative estimate of drug-likeness (QED) is 0.796. The lowest BCUT2D eigenvalue weighted by Crippen LogP contribution is -1.98. The molecule has 0 aromatic heterocycles. The van der Waals surface area contributed by atoms with Crippen LogP contribution < -0.4 is 0 Å². The number of hydrogen-bond acceptors (Lipinski definition) is 1. The van der Waals surface area contributed by atoms with Gasteiger partial charge in [0.25, 0.3) is 0 Å². The average molecular weight is 348 g/mol. The highest BCUT2D eigenvalue weighted by Crippen LogP contribution is 2.34. The lowest BCUT2D eigenvalue weighted by atomic mass is 10.0. The molecular weight excluding hydrogens is 341 g/mol. The van der Waals surface area contributed by atoms with Gasteiger partial charge < -0.3 is 5.11 Å². The molecule has 1 N–H and O–H groups in total. The normalized spacial score (nSPS) is 10.5. The van der Waals surface area contributed by atoms with Crippen molar-refractivity contribution in [3.05, 3.63) is 57.0 Å². The highest BCUT2D eigenvalue weighted by atomic mass is 79.9. The number of hydrogen-bond donors (Lipinski definition) is 1. The van der Waals surface area contributed by atoms with Crippen molar-refractivity contribution in [2.24, 2.45) is 0 Å². The second-order valence-electron chi connectivity index (χ2n) is 3.72. The first-order valence-electron chi connectivity index (χ1n) is 5.08. The third-order valence-electron chi connectivity index (χ3n) is 2.54. The highest BCUT2D eigenvalue weighted by Gasteiger charge is 2.16. The summed E-state index contributed by atoms with van der Waals surface area (Å²) in [5, 5.41) is 8.58. The van der Waals surface area contributed by atoms with E-state index in [0.717, 1.165) is 6.07 Å². The minimum absolute atomic E-state index is 0.0253. The molecule has 0 spiro atoms. The van der Waals surface area contributed by atoms with Gasteiger partial charge in [0.2, 0.25) is 0 Å². The summed E-state index contributed by atoms with van der Waals surface area (Å²) >= 11 is 8.79. The minimum atomic E-state index is -1.25. The molecule has 0 saturated carbocycles. The van der Waals surface area contributed by atoms with Crippen LogP contribution in [0.5, 0.6) is 0 Å². The minimum Gasteiger partial charge on any atom is -0.478 e. The number of carbonyl (C=O) groups is 1. The molecule has 2 rings (SSSR count). The van der Waals surface area contributed by atoms with E-state index in [2.05, 4.69) is 15.9 Å². The van der Waals surface area contributed by atoms with Crippen LogP contribution in [0.2, 0.25) is 5.02 Å². The number of benzene rings is 2. The van der Waals surface area contributed by atoms with Gasteiger partial charge in [0.1, 0.15) is 5.82 Å². The fourth-order valence-electron chi connectivity index (χ4n) is 1.60. The molecule has 0 amide bonds. The fraction of sp³-hybridized carbons (Fsp3) is 0. The summed E-state index contributed by atoms with van der Waals surface area (Å²) in [4.78, 5) is 10.7. The molecule has 0 radical (unpaired) electrons. The molecule has 98 valence electrons. The van der Waals surface area contributed by atoms with E-state index in [0.29, 0.717) is 4.47 Å². The van der Waals surface area contributed by atoms with Gasteiger partial charge in [-0.15, -0.1) is 0 Å². The maximum atomic E-state index is 13.9. The Balaban J connectivity index is 2.60. The Hall–Kier alpha value is -1.46. The van der Waals surface area contributed by atoms with E-state index in [9.17, 15) is 13.6 Å². The first-order valence-corrected chi connectivity index (χ1v) is 6.25. The maximum absolute atomic E-state index is 13.9. The lowest BCUT2D eigenvalue weighted by molar-refractivity contribution is 0.0696. The first kappa shape index (κ1) is 14.0. The standard InChI is InChI=1S/C13H6BrClF2O2/c14-9-4-3-8(12(17)11(9)15)7-2-1-6(13(18)19)5-10(7)16/h1-5H,(H,18,19). The van der Waals surface area contributed by atoms with Crippen molar-refractivity contribution < 1.29 is 18.7 Å². The Morgan fingerprint density at radius 1 is 1.16 bits per heavy atom. The van der Waals surface area contributed by atoms with Crippen LogP contribution in [0.4, 0.5) is 8.78 Å². The van der Waals surface area contributed by atoms with Gasteiger partial charge in [0, 0.05) is 15.6 Å². The van der Waals surface area contributed by atoms with Gasteiger partial charge >= 0.3 is 5.97 Å². The van der Waals surface area contributed by atoms with Crippen molar-refractivity contribution in [1.82, 2.24) is 0 Å². The Kier molecular flexibility index (Phi) is 3.87. The van der Waals surface area contributed by atoms with Gasteiger partial charge in [-0.25, -0.2) is 13.6 Å². The molecule has 0 unspecified atom stereocenters. The smallest absolute Gasteiger partial charge is 0.335 e. The fourth-order valence-corrected chi connectivity index (χ4v) is 2.07. The van der Waals surface area contributed by atoms with E-state index in [1.807, 2.05) is 0 Å². The Morgan fingerprint density at radius 3 is 2.37 bits per heavy atom. The van der Waals surface area contributed by atoms with Gasteiger partial charge in [0.15, 0.2) is 5.82 Å². The van der Waals surface area contributed by atoms with Crippen LogP contribution in [0.25, 0.3) is 11.1 Å². The third kappa shape index (κ3) is 2.62. The molecule has 6 heteroatoms. The summed E-state index contributed by atoms with van der Waals surface area (Å²) in [7, 11) is 0. The first-order chi connectivity index (χ1) is 8.91. The lowest BCUT2D eigenvalue weighted by Gasteiger charge is -2.08. The summed E-state index contributed by atoms with van der Waals surface area (Å²) in [5.74, 6) is -2.84. The summed E-state index contributed by atoms with van der Waals surface area (Å²) in [6, 6.07) is 6.11. The zero-order chi connectivity index (χ0) is 14.2. The SMILES string of the molecule is O=C(O)c1ccc(-c2ccc(Br)c(Cl)c2F)c(F)c1. The van der Waals surface area contributed by atoms with Crippen LogP contribution in [-0.2, 0) is 0 Å². The molecule has 0 atom stereocenters. The molecular formula is C13H6BrClF2O2. The van der Waals surface area contributed by atoms with Gasteiger partial charge in [-0.2, -0.15) is 0 Å². The van der Waals surface area contributed by atoms with Crippen molar-refractivity contribution >= 4 is 33.5 Å². The summed E-state index contributed by atoms with van der Waals surface area (Å²) in [6.45, 7) is 0. The number of aromatic carboxylic acids is 1. The molecule has 0 saturated heterocycles. The van der Waals surface area contributed by atoms with Crippen LogP contribution in [0.3, 0.4) is 0 Å². The number of rotatable bonds is 2. The predicted octanol–water partition coefficient (Wildman–Crippen LogP) is 4.75. The van der Waals surface area contributed by atoms with E-state index >= 15 is 0 Å². The molecule has 2 aromatic rings. The second-order valence-corrected chi connectivity index (χ2v) is 4.95. The Labute approximate surface area is 120 Å². The van der Waals surface area contributed by atoms with Gasteiger partial charge in [-0.05, 0) is 34.1 Å². The number of carboxylic acid groups (broad SMARTS) is 1. The van der Waals surface area contributed by atoms with E-state index in [-0.39, 0.29) is 21.7 Å². The van der Waals surface area contributed by atoms with Crippen molar-refractivity contribution in [1.29, 1.82) is 0 Å². The van der Waals surface area contributed by atoms with E-state index in [1.54, 1.807) is 0 Å². The topological polar surface area (TPSA) is 37.3 Å². The van der Waals surface area contributed by atoms with Crippen molar-refractivity contribution in [3.63, 3.8) is 0 Å². The zero-order valence-electron chi connectivity index (χ0n) is 9.25. The molecule has 0 bridgehead atoms. The average Bonchev–Trinajstić information content (AvgIpc) is 2.37. The van der Waals surface area contributed by atoms with Gasteiger partial charge in [0.05, 0.1) is 10.6 Å². The second kappa shape index (κ2) is 5.27. The van der Waals surface area contributed by atoms with E-state index in [1.165, 1.54) is 24.3 Å². The summed E-state index contributed by atoms with van der Waals surface area (Å²) in [6.07, 6.45) is 0. The Morgan fingerprint density at radius 2 is 1.79 bits per heavy atom. The van der Waals surface area contributed by atoms with Crippen LogP contribution in [-0.4, -0.2) is 11.1 Å². The van der Waals surface area contributed by atoms with Crippen LogP contribution in [0, 0.1) is 11.6 Å². The summed E-state index contributed by atoms with van der Waals surface area (Å²) in [5.41, 5.74) is -0.274. The van der Waals surface area contributed by atoms with Crippen LogP contribution >= 0.6 is 27.5 Å². The summed E-state index contributed by atoms with van der Waals surface area (Å²) < 4.78 is 28.1. The molecule has 0 aliphatic carbocycles. The molecule has 0 fully saturated rings. The van der Waals surface area contributed by atoms with Gasteiger partial charge in [-0.3, -0.25) is 0 Å². The van der Waals surface area contributed by atoms with Crippen molar-refractivity contribution in [2.75, 3.05) is 0 Å². The third-order valence-corrected chi connectivity index (χ3v) is 3.80. The van der Waals surface area contributed by atoms with Crippen LogP contribution in [0.15, 0.2) is 34.8 Å².